The molecule has 0 saturated heterocycles. The summed E-state index contributed by atoms with van der Waals surface area (Å²) in [5.74, 6) is 2.37. The molecule has 0 bridgehead atoms. The lowest BCUT2D eigenvalue weighted by atomic mass is 10.4. The van der Waals surface area contributed by atoms with Crippen LogP contribution in [0.15, 0.2) is 11.6 Å². The minimum Gasteiger partial charge on any atom is -0.512 e. The maximum absolute atomic E-state index is 8.89. The Labute approximate surface area is 54.4 Å². The highest BCUT2D eigenvalue weighted by Crippen LogP contribution is 2.50. The van der Waals surface area contributed by atoms with Crippen LogP contribution in [0.5, 0.6) is 0 Å². The van der Waals surface area contributed by atoms with Gasteiger partial charge in [0.15, 0.2) is 0 Å². The molecule has 0 saturated carbocycles. The third-order valence-electron chi connectivity index (χ3n) is 1.23. The summed E-state index contributed by atoms with van der Waals surface area (Å²) in [7, 11) is 0. The summed E-state index contributed by atoms with van der Waals surface area (Å²) in [4.78, 5) is 0. The SMILES string of the molecule is CP1(=S)C=C(O)CC1. The van der Waals surface area contributed by atoms with Crippen LogP contribution in [0, 0.1) is 0 Å². The Morgan fingerprint density at radius 2 is 2.50 bits per heavy atom. The Bertz CT molecular complexity index is 173. The van der Waals surface area contributed by atoms with E-state index in [1.165, 1.54) is 0 Å². The molecule has 1 aliphatic rings. The first kappa shape index (κ1) is 6.31. The van der Waals surface area contributed by atoms with E-state index < -0.39 is 6.04 Å². The summed E-state index contributed by atoms with van der Waals surface area (Å²) in [5, 5.41) is 8.89. The van der Waals surface area contributed by atoms with Crippen LogP contribution in [0.1, 0.15) is 6.42 Å². The molecule has 1 rings (SSSR count). The second kappa shape index (κ2) is 1.85. The predicted molar refractivity (Wildman–Crippen MR) is 40.4 cm³/mol. The van der Waals surface area contributed by atoms with Crippen LogP contribution in [0.25, 0.3) is 0 Å². The first-order valence-electron chi connectivity index (χ1n) is 2.57. The van der Waals surface area contributed by atoms with Crippen LogP contribution < -0.4 is 0 Å². The molecule has 3 heteroatoms. The molecule has 1 N–H and O–H groups in total. The summed E-state index contributed by atoms with van der Waals surface area (Å²) in [6.45, 7) is 2.06. The average molecular weight is 148 g/mol. The van der Waals surface area contributed by atoms with Crippen LogP contribution in [0.2, 0.25) is 0 Å². The standard InChI is InChI=1S/C5H9OPS/c1-7(8)3-2-5(6)4-7/h4,6H,2-3H2,1H3. The average Bonchev–Trinajstić information content (AvgIpc) is 1.82. The lowest BCUT2D eigenvalue weighted by Crippen LogP contribution is -1.74. The fourth-order valence-electron chi connectivity index (χ4n) is 0.781. The highest BCUT2D eigenvalue weighted by Gasteiger charge is 2.15. The molecule has 1 atom stereocenters. The zero-order chi connectivity index (χ0) is 6.20. The van der Waals surface area contributed by atoms with Crippen molar-refractivity contribution in [1.82, 2.24) is 0 Å². The Kier molecular flexibility index (Phi) is 1.46. The molecular formula is C5H9OPS. The quantitative estimate of drug-likeness (QED) is 0.529. The van der Waals surface area contributed by atoms with Gasteiger partial charge in [-0.3, -0.25) is 0 Å². The van der Waals surface area contributed by atoms with Gasteiger partial charge in [-0.2, -0.15) is 0 Å². The normalized spacial score (nSPS) is 37.4. The molecule has 46 valence electrons. The minimum absolute atomic E-state index is 0.510. The summed E-state index contributed by atoms with van der Waals surface area (Å²) in [6, 6.07) is -1.18. The van der Waals surface area contributed by atoms with Crippen molar-refractivity contribution in [3.63, 3.8) is 0 Å². The molecule has 1 aliphatic heterocycles. The van der Waals surface area contributed by atoms with Gasteiger partial charge in [-0.15, -0.1) is 0 Å². The van der Waals surface area contributed by atoms with Crippen LogP contribution in [-0.4, -0.2) is 17.9 Å². The van der Waals surface area contributed by atoms with E-state index in [0.29, 0.717) is 5.76 Å². The molecule has 0 aromatic rings. The van der Waals surface area contributed by atoms with Crippen molar-refractivity contribution in [2.24, 2.45) is 0 Å². The van der Waals surface area contributed by atoms with E-state index in [1.807, 2.05) is 5.82 Å². The van der Waals surface area contributed by atoms with Crippen LogP contribution in [0.4, 0.5) is 0 Å². The number of allylic oxidation sites excluding steroid dienone is 1. The van der Waals surface area contributed by atoms with Gasteiger partial charge in [0.2, 0.25) is 0 Å². The molecule has 0 spiro atoms. The smallest absolute Gasteiger partial charge is 0.0938 e. The van der Waals surface area contributed by atoms with Gasteiger partial charge in [-0.05, 0) is 24.7 Å². The first-order valence-corrected chi connectivity index (χ1v) is 6.07. The van der Waals surface area contributed by atoms with Crippen molar-refractivity contribution in [1.29, 1.82) is 0 Å². The highest BCUT2D eigenvalue weighted by atomic mass is 32.4. The van der Waals surface area contributed by atoms with Crippen molar-refractivity contribution in [2.75, 3.05) is 12.8 Å². The third kappa shape index (κ3) is 1.33. The van der Waals surface area contributed by atoms with Gasteiger partial charge in [-0.25, -0.2) is 0 Å². The molecule has 1 heterocycles. The zero-order valence-corrected chi connectivity index (χ0v) is 6.51. The van der Waals surface area contributed by atoms with Gasteiger partial charge < -0.3 is 5.11 Å². The molecule has 0 amide bonds. The highest BCUT2D eigenvalue weighted by molar-refractivity contribution is 8.15. The Morgan fingerprint density at radius 3 is 2.62 bits per heavy atom. The topological polar surface area (TPSA) is 20.2 Å². The molecule has 0 fully saturated rings. The summed E-state index contributed by atoms with van der Waals surface area (Å²) < 4.78 is 0. The first-order chi connectivity index (χ1) is 3.60. The van der Waals surface area contributed by atoms with Crippen molar-refractivity contribution < 1.29 is 5.11 Å². The van der Waals surface area contributed by atoms with E-state index >= 15 is 0 Å². The largest absolute Gasteiger partial charge is 0.512 e. The van der Waals surface area contributed by atoms with Crippen molar-refractivity contribution in [3.05, 3.63) is 11.6 Å². The van der Waals surface area contributed by atoms with E-state index in [4.69, 9.17) is 16.9 Å². The van der Waals surface area contributed by atoms with E-state index in [2.05, 4.69) is 6.66 Å². The molecule has 1 unspecified atom stereocenters. The van der Waals surface area contributed by atoms with Crippen molar-refractivity contribution >= 4 is 17.8 Å². The zero-order valence-electron chi connectivity index (χ0n) is 4.79. The summed E-state index contributed by atoms with van der Waals surface area (Å²) in [5.41, 5.74) is 0. The van der Waals surface area contributed by atoms with Gasteiger partial charge >= 0.3 is 0 Å². The molecule has 0 aliphatic carbocycles. The number of hydrogen-bond donors (Lipinski definition) is 1. The van der Waals surface area contributed by atoms with Gasteiger partial charge in [0.25, 0.3) is 0 Å². The summed E-state index contributed by atoms with van der Waals surface area (Å²) in [6.07, 6.45) is 1.84. The van der Waals surface area contributed by atoms with Gasteiger partial charge in [-0.1, -0.05) is 11.8 Å². The van der Waals surface area contributed by atoms with E-state index in [0.717, 1.165) is 12.6 Å². The van der Waals surface area contributed by atoms with Crippen LogP contribution in [-0.2, 0) is 11.8 Å². The molecule has 0 aromatic carbocycles. The lowest BCUT2D eigenvalue weighted by Gasteiger charge is -1.98. The fourth-order valence-corrected chi connectivity index (χ4v) is 2.98. The second-order valence-corrected chi connectivity index (χ2v) is 7.82. The molecule has 8 heavy (non-hydrogen) atoms. The number of hydrogen-bond acceptors (Lipinski definition) is 2. The lowest BCUT2D eigenvalue weighted by molar-refractivity contribution is 0.400. The van der Waals surface area contributed by atoms with Gasteiger partial charge in [0.05, 0.1) is 5.76 Å². The van der Waals surface area contributed by atoms with Crippen LogP contribution in [0.3, 0.4) is 0 Å². The summed E-state index contributed by atoms with van der Waals surface area (Å²) >= 11 is 5.16. The van der Waals surface area contributed by atoms with Crippen molar-refractivity contribution in [3.8, 4) is 0 Å². The number of aliphatic hydroxyl groups excluding tert-OH is 1. The fraction of sp³-hybridized carbons (Fsp3) is 0.600. The van der Waals surface area contributed by atoms with Gasteiger partial charge in [0.1, 0.15) is 0 Å². The predicted octanol–water partition coefficient (Wildman–Crippen LogP) is 1.90. The monoisotopic (exact) mass is 148 g/mol. The minimum atomic E-state index is -1.18. The Balaban J connectivity index is 2.82. The van der Waals surface area contributed by atoms with Crippen LogP contribution >= 0.6 is 6.04 Å². The van der Waals surface area contributed by atoms with E-state index in [1.54, 1.807) is 0 Å². The van der Waals surface area contributed by atoms with E-state index in [-0.39, 0.29) is 0 Å². The maximum Gasteiger partial charge on any atom is 0.0938 e. The van der Waals surface area contributed by atoms with E-state index in [9.17, 15) is 0 Å². The molecule has 0 aromatic heterocycles. The number of rotatable bonds is 0. The Hall–Kier alpha value is 0.190. The Morgan fingerprint density at radius 1 is 1.88 bits per heavy atom. The third-order valence-corrected chi connectivity index (χ3v) is 4.05. The van der Waals surface area contributed by atoms with Crippen molar-refractivity contribution in [2.45, 2.75) is 6.42 Å². The van der Waals surface area contributed by atoms with Gasteiger partial charge in [0, 0.05) is 6.42 Å². The molecular weight excluding hydrogens is 139 g/mol. The maximum atomic E-state index is 8.89. The second-order valence-electron chi connectivity index (χ2n) is 2.27. The molecule has 1 nitrogen and oxygen atoms in total. The number of aliphatic hydroxyl groups is 1. The molecule has 0 radical (unpaired) electrons.